The number of morpholine rings is 1. The van der Waals surface area contributed by atoms with E-state index in [0.29, 0.717) is 46.9 Å². The maximum Gasteiger partial charge on any atom is 0.573 e. The monoisotopic (exact) mass is 541 g/mol. The first-order valence-electron chi connectivity index (χ1n) is 12.1. The van der Waals surface area contributed by atoms with E-state index in [1.54, 1.807) is 37.4 Å². The first-order chi connectivity index (χ1) is 18.8. The maximum absolute atomic E-state index is 13.3. The molecule has 1 amide bonds. The number of nitrogens with one attached hydrogen (secondary N) is 3. The zero-order valence-electron chi connectivity index (χ0n) is 21.2. The number of carbonyl (C=O) groups excluding carboxylic acids is 1. The van der Waals surface area contributed by atoms with Gasteiger partial charge in [-0.15, -0.1) is 13.2 Å². The number of aromatic nitrogens is 2. The number of fused-ring (bicyclic) bond motifs is 1. The molecule has 0 radical (unpaired) electrons. The molecule has 0 aliphatic carbocycles. The second-order valence-corrected chi connectivity index (χ2v) is 8.72. The molecule has 0 bridgehead atoms. The van der Waals surface area contributed by atoms with Crippen LogP contribution in [0.2, 0.25) is 0 Å². The number of hydrogen-bond acceptors (Lipinski definition) is 7. The lowest BCUT2D eigenvalue weighted by Crippen LogP contribution is -2.36. The molecular formula is C27H26F3N5O4. The number of benzene rings is 2. The number of ether oxygens (including phenoxy) is 3. The van der Waals surface area contributed by atoms with E-state index >= 15 is 0 Å². The average molecular weight is 542 g/mol. The second kappa shape index (κ2) is 10.7. The number of carbonyl (C=O) groups is 1. The number of amides is 1. The molecule has 204 valence electrons. The van der Waals surface area contributed by atoms with Crippen molar-refractivity contribution in [1.82, 2.24) is 15.3 Å². The Hall–Kier alpha value is -4.45. The SMILES string of the molecule is CNC(=O)c1ccccc1Nc1c(OC(F)(F)F)cnc2[nH]c(-c3ccc(N4CCOCC4)cc3OC)cc12. The number of H-pyrrole nitrogens is 1. The molecule has 1 fully saturated rings. The Bertz CT molecular complexity index is 1500. The fourth-order valence-electron chi connectivity index (χ4n) is 4.51. The first kappa shape index (κ1) is 26.2. The molecule has 39 heavy (non-hydrogen) atoms. The highest BCUT2D eigenvalue weighted by Crippen LogP contribution is 2.41. The number of rotatable bonds is 7. The standard InChI is InChI=1S/C27H26F3N5O4/c1-31-26(36)18-5-3-4-6-20(18)33-24-19-14-21(34-25(19)32-15-23(24)39-27(28,29)30)17-8-7-16(13-22(17)37-2)35-9-11-38-12-10-35/h3-8,13-15H,9-12H2,1-2H3,(H,31,36)(H2,32,33,34). The van der Waals surface area contributed by atoms with Gasteiger partial charge in [-0.3, -0.25) is 4.79 Å². The van der Waals surface area contributed by atoms with E-state index in [0.717, 1.165) is 25.0 Å². The van der Waals surface area contributed by atoms with E-state index in [4.69, 9.17) is 9.47 Å². The summed E-state index contributed by atoms with van der Waals surface area (Å²) in [5.41, 5.74) is 3.11. The van der Waals surface area contributed by atoms with Crippen LogP contribution in [0, 0.1) is 0 Å². The van der Waals surface area contributed by atoms with Gasteiger partial charge in [0.25, 0.3) is 5.91 Å². The van der Waals surface area contributed by atoms with Gasteiger partial charge in [0.1, 0.15) is 11.4 Å². The molecule has 0 saturated carbocycles. The Morgan fingerprint density at radius 3 is 2.59 bits per heavy atom. The highest BCUT2D eigenvalue weighted by Gasteiger charge is 2.33. The lowest BCUT2D eigenvalue weighted by molar-refractivity contribution is -0.274. The molecule has 0 spiro atoms. The summed E-state index contributed by atoms with van der Waals surface area (Å²) in [5.74, 6) is -0.361. The Morgan fingerprint density at radius 1 is 1.10 bits per heavy atom. The van der Waals surface area contributed by atoms with Gasteiger partial charge < -0.3 is 34.7 Å². The van der Waals surface area contributed by atoms with Gasteiger partial charge in [-0.05, 0) is 30.3 Å². The maximum atomic E-state index is 13.3. The molecule has 2 aromatic carbocycles. The summed E-state index contributed by atoms with van der Waals surface area (Å²) in [6, 6.07) is 13.9. The predicted molar refractivity (Wildman–Crippen MR) is 141 cm³/mol. The summed E-state index contributed by atoms with van der Waals surface area (Å²) in [5, 5.41) is 5.83. The topological polar surface area (TPSA) is 101 Å². The van der Waals surface area contributed by atoms with E-state index in [9.17, 15) is 18.0 Å². The largest absolute Gasteiger partial charge is 0.573 e. The molecule has 9 nitrogen and oxygen atoms in total. The number of anilines is 3. The molecule has 5 rings (SSSR count). The van der Waals surface area contributed by atoms with Crippen LogP contribution < -0.4 is 25.0 Å². The summed E-state index contributed by atoms with van der Waals surface area (Å²) >= 11 is 0. The zero-order valence-corrected chi connectivity index (χ0v) is 21.2. The Balaban J connectivity index is 1.60. The van der Waals surface area contributed by atoms with Crippen LogP contribution in [0.25, 0.3) is 22.3 Å². The molecule has 0 atom stereocenters. The minimum absolute atomic E-state index is 0.0000757. The van der Waals surface area contributed by atoms with E-state index in [-0.39, 0.29) is 11.3 Å². The van der Waals surface area contributed by atoms with E-state index < -0.39 is 18.0 Å². The van der Waals surface area contributed by atoms with Gasteiger partial charge in [-0.1, -0.05) is 12.1 Å². The minimum Gasteiger partial charge on any atom is -0.496 e. The molecule has 1 aliphatic heterocycles. The summed E-state index contributed by atoms with van der Waals surface area (Å²) < 4.78 is 55.3. The molecule has 2 aromatic heterocycles. The number of methoxy groups -OCH3 is 1. The molecule has 3 heterocycles. The normalized spacial score (nSPS) is 13.8. The van der Waals surface area contributed by atoms with Crippen LogP contribution in [-0.2, 0) is 4.74 Å². The van der Waals surface area contributed by atoms with Crippen LogP contribution in [0.3, 0.4) is 0 Å². The summed E-state index contributed by atoms with van der Waals surface area (Å²) in [4.78, 5) is 21.9. The molecule has 4 aromatic rings. The number of alkyl halides is 3. The fraction of sp³-hybridized carbons (Fsp3) is 0.259. The third-order valence-electron chi connectivity index (χ3n) is 6.36. The summed E-state index contributed by atoms with van der Waals surface area (Å²) in [6.45, 7) is 2.79. The summed E-state index contributed by atoms with van der Waals surface area (Å²) in [7, 11) is 3.03. The van der Waals surface area contributed by atoms with Crippen LogP contribution in [0.1, 0.15) is 10.4 Å². The number of para-hydroxylation sites is 1. The van der Waals surface area contributed by atoms with Crippen LogP contribution in [0.5, 0.6) is 11.5 Å². The average Bonchev–Trinajstić information content (AvgIpc) is 3.38. The molecule has 0 unspecified atom stereocenters. The van der Waals surface area contributed by atoms with E-state index in [1.165, 1.54) is 7.05 Å². The van der Waals surface area contributed by atoms with E-state index in [1.807, 2.05) is 18.2 Å². The minimum atomic E-state index is -4.95. The van der Waals surface area contributed by atoms with Gasteiger partial charge in [-0.25, -0.2) is 4.98 Å². The molecule has 12 heteroatoms. The predicted octanol–water partition coefficient (Wildman–Crippen LogP) is 5.08. The van der Waals surface area contributed by atoms with Crippen molar-refractivity contribution >= 4 is 34.0 Å². The number of nitrogens with zero attached hydrogens (tertiary/aromatic N) is 2. The Kier molecular flexibility index (Phi) is 7.20. The van der Waals surface area contributed by atoms with Gasteiger partial charge in [0.05, 0.1) is 49.2 Å². The number of pyridine rings is 1. The van der Waals surface area contributed by atoms with Crippen molar-refractivity contribution in [3.8, 4) is 22.8 Å². The second-order valence-electron chi connectivity index (χ2n) is 8.72. The van der Waals surface area contributed by atoms with Crippen molar-refractivity contribution in [2.75, 3.05) is 50.7 Å². The van der Waals surface area contributed by atoms with Crippen molar-refractivity contribution in [2.24, 2.45) is 0 Å². The third-order valence-corrected chi connectivity index (χ3v) is 6.36. The lowest BCUT2D eigenvalue weighted by Gasteiger charge is -2.29. The van der Waals surface area contributed by atoms with E-state index in [2.05, 4.69) is 30.2 Å². The highest BCUT2D eigenvalue weighted by molar-refractivity contribution is 6.03. The van der Waals surface area contributed by atoms with Crippen LogP contribution in [0.15, 0.2) is 54.7 Å². The molecule has 1 saturated heterocycles. The molecule has 3 N–H and O–H groups in total. The Labute approximate surface area is 221 Å². The van der Waals surface area contributed by atoms with Crippen molar-refractivity contribution < 1.29 is 32.2 Å². The van der Waals surface area contributed by atoms with Gasteiger partial charge in [0.15, 0.2) is 5.75 Å². The van der Waals surface area contributed by atoms with Crippen LogP contribution in [0.4, 0.5) is 30.2 Å². The van der Waals surface area contributed by atoms with Crippen LogP contribution in [-0.4, -0.2) is 62.7 Å². The molecular weight excluding hydrogens is 515 g/mol. The van der Waals surface area contributed by atoms with Gasteiger partial charge in [-0.2, -0.15) is 0 Å². The number of aromatic amines is 1. The fourth-order valence-corrected chi connectivity index (χ4v) is 4.51. The smallest absolute Gasteiger partial charge is 0.496 e. The Morgan fingerprint density at radius 2 is 1.87 bits per heavy atom. The number of hydrogen-bond donors (Lipinski definition) is 3. The summed E-state index contributed by atoms with van der Waals surface area (Å²) in [6.07, 6.45) is -3.97. The lowest BCUT2D eigenvalue weighted by atomic mass is 10.1. The van der Waals surface area contributed by atoms with Crippen molar-refractivity contribution in [3.63, 3.8) is 0 Å². The van der Waals surface area contributed by atoms with Crippen molar-refractivity contribution in [1.29, 1.82) is 0 Å². The highest BCUT2D eigenvalue weighted by atomic mass is 19.4. The van der Waals surface area contributed by atoms with Crippen molar-refractivity contribution in [2.45, 2.75) is 6.36 Å². The quantitative estimate of drug-likeness (QED) is 0.300. The van der Waals surface area contributed by atoms with Crippen LogP contribution >= 0.6 is 0 Å². The van der Waals surface area contributed by atoms with Crippen molar-refractivity contribution in [3.05, 3.63) is 60.3 Å². The van der Waals surface area contributed by atoms with Gasteiger partial charge >= 0.3 is 6.36 Å². The number of halogens is 3. The van der Waals surface area contributed by atoms with Gasteiger partial charge in [0, 0.05) is 42.8 Å². The third kappa shape index (κ3) is 5.55. The first-order valence-corrected chi connectivity index (χ1v) is 12.1. The molecule has 1 aliphatic rings. The zero-order chi connectivity index (χ0) is 27.6. The van der Waals surface area contributed by atoms with Gasteiger partial charge in [0.2, 0.25) is 0 Å².